The number of carbonyl (C=O) groups is 1. The highest BCUT2D eigenvalue weighted by molar-refractivity contribution is 7.69. The molecule has 0 aliphatic heterocycles. The molecular weight excluding hydrogens is 321 g/mol. The number of nitrogens with zero attached hydrogens (tertiary/aromatic N) is 1. The third-order valence-corrected chi connectivity index (χ3v) is 3.99. The lowest BCUT2D eigenvalue weighted by molar-refractivity contribution is 0.0595. The van der Waals surface area contributed by atoms with Gasteiger partial charge in [0.1, 0.15) is 5.82 Å². The van der Waals surface area contributed by atoms with E-state index in [0.29, 0.717) is 5.56 Å². The largest absolute Gasteiger partial charge is 0.465 e. The molecule has 2 rings (SSSR count). The first-order chi connectivity index (χ1) is 11.0. The van der Waals surface area contributed by atoms with Crippen LogP contribution in [0.2, 0.25) is 0 Å². The van der Waals surface area contributed by atoms with Gasteiger partial charge in [-0.25, -0.2) is 17.6 Å². The van der Waals surface area contributed by atoms with Crippen LogP contribution in [-0.2, 0) is 28.7 Å². The van der Waals surface area contributed by atoms with E-state index < -0.39 is 22.7 Å². The second-order valence-electron chi connectivity index (χ2n) is 4.85. The number of carbonyl (C=O) groups excluding carboxylic acids is 1. The van der Waals surface area contributed by atoms with Gasteiger partial charge in [-0.15, -0.1) is 0 Å². The Bertz CT molecular complexity index is 754. The maximum absolute atomic E-state index is 13.9. The zero-order chi connectivity index (χ0) is 16.8. The Balaban J connectivity index is 2.17. The zero-order valence-corrected chi connectivity index (χ0v) is 13.3. The predicted octanol–water partition coefficient (Wildman–Crippen LogP) is 2.14. The lowest BCUT2D eigenvalue weighted by atomic mass is 10.1. The minimum absolute atomic E-state index is 0.0198. The minimum atomic E-state index is -2.82. The summed E-state index contributed by atoms with van der Waals surface area (Å²) in [5.74, 6) is -1.51. The predicted molar refractivity (Wildman–Crippen MR) is 83.7 cm³/mol. The maximum Gasteiger partial charge on any atom is 0.340 e. The van der Waals surface area contributed by atoms with Crippen LogP contribution in [0, 0.1) is 5.82 Å². The molecule has 0 heterocycles. The number of ether oxygens (including phenoxy) is 1. The smallest absolute Gasteiger partial charge is 0.340 e. The van der Waals surface area contributed by atoms with Gasteiger partial charge in [0, 0.05) is 13.1 Å². The summed E-state index contributed by atoms with van der Waals surface area (Å²) in [5, 5.41) is 0. The summed E-state index contributed by atoms with van der Waals surface area (Å²) in [5.41, 5.74) is 1.10. The monoisotopic (exact) mass is 337 g/mol. The fourth-order valence-corrected chi connectivity index (χ4v) is 2.67. The van der Waals surface area contributed by atoms with Crippen molar-refractivity contribution in [1.29, 1.82) is 0 Å². The molecule has 0 saturated heterocycles. The van der Waals surface area contributed by atoms with E-state index in [1.807, 2.05) is 30.3 Å². The van der Waals surface area contributed by atoms with Crippen molar-refractivity contribution in [2.45, 2.75) is 13.1 Å². The Kier molecular flexibility index (Phi) is 5.84. The molecule has 0 atom stereocenters. The number of halogens is 1. The van der Waals surface area contributed by atoms with E-state index in [2.05, 4.69) is 4.74 Å². The van der Waals surface area contributed by atoms with E-state index in [9.17, 15) is 17.6 Å². The normalized spacial score (nSPS) is 11.0. The van der Waals surface area contributed by atoms with Crippen molar-refractivity contribution in [3.8, 4) is 0 Å². The number of hydrogen-bond donors (Lipinski definition) is 1. The molecule has 0 N–H and O–H groups in total. The summed E-state index contributed by atoms with van der Waals surface area (Å²) in [6, 6.07) is 13.0. The van der Waals surface area contributed by atoms with Crippen LogP contribution in [0.1, 0.15) is 21.5 Å². The molecule has 0 bridgehead atoms. The van der Waals surface area contributed by atoms with Crippen LogP contribution in [0.3, 0.4) is 0 Å². The van der Waals surface area contributed by atoms with E-state index >= 15 is 0 Å². The molecule has 0 aliphatic rings. The Morgan fingerprint density at radius 1 is 1.09 bits per heavy atom. The van der Waals surface area contributed by atoms with E-state index in [1.54, 1.807) is 0 Å². The standard InChI is InChI=1S/C16H16FNO4S/c1-22-16(19)14-8-7-13(9-15(14)17)11-18(23(20)21)10-12-5-3-2-4-6-12/h2-9,23H,10-11H2,1H3. The number of hydrogen-bond acceptors (Lipinski definition) is 4. The van der Waals surface area contributed by atoms with Crippen molar-refractivity contribution >= 4 is 16.9 Å². The molecule has 0 fully saturated rings. The van der Waals surface area contributed by atoms with Crippen molar-refractivity contribution in [1.82, 2.24) is 4.31 Å². The Morgan fingerprint density at radius 3 is 2.30 bits per heavy atom. The van der Waals surface area contributed by atoms with Crippen LogP contribution in [0.4, 0.5) is 4.39 Å². The summed E-state index contributed by atoms with van der Waals surface area (Å²) in [4.78, 5) is 11.3. The highest BCUT2D eigenvalue weighted by atomic mass is 32.2. The number of benzene rings is 2. The quantitative estimate of drug-likeness (QED) is 0.648. The van der Waals surface area contributed by atoms with Gasteiger partial charge in [0.15, 0.2) is 0 Å². The van der Waals surface area contributed by atoms with E-state index in [1.165, 1.54) is 23.5 Å². The average molecular weight is 337 g/mol. The number of methoxy groups -OCH3 is 1. The van der Waals surface area contributed by atoms with Crippen LogP contribution in [0.15, 0.2) is 48.5 Å². The van der Waals surface area contributed by atoms with Gasteiger partial charge in [0.25, 0.3) is 0 Å². The fraction of sp³-hybridized carbons (Fsp3) is 0.188. The molecule has 0 aromatic heterocycles. The maximum atomic E-state index is 13.9. The lowest BCUT2D eigenvalue weighted by Crippen LogP contribution is -2.21. The van der Waals surface area contributed by atoms with Crippen LogP contribution in [0.5, 0.6) is 0 Å². The van der Waals surface area contributed by atoms with Crippen molar-refractivity contribution in [3.63, 3.8) is 0 Å². The van der Waals surface area contributed by atoms with Crippen LogP contribution in [0.25, 0.3) is 0 Å². The van der Waals surface area contributed by atoms with Gasteiger partial charge in [-0.1, -0.05) is 36.4 Å². The minimum Gasteiger partial charge on any atom is -0.465 e. The molecule has 5 nitrogen and oxygen atoms in total. The second kappa shape index (κ2) is 7.85. The van der Waals surface area contributed by atoms with Gasteiger partial charge in [-0.3, -0.25) is 0 Å². The van der Waals surface area contributed by atoms with Crippen molar-refractivity contribution in [2.24, 2.45) is 0 Å². The third kappa shape index (κ3) is 4.61. The summed E-state index contributed by atoms with van der Waals surface area (Å²) in [7, 11) is -1.66. The average Bonchev–Trinajstić information content (AvgIpc) is 2.54. The second-order valence-corrected chi connectivity index (χ2v) is 5.89. The van der Waals surface area contributed by atoms with Crippen molar-refractivity contribution in [2.75, 3.05) is 7.11 Å². The molecule has 0 amide bonds. The Hall–Kier alpha value is -2.25. The Labute approximate surface area is 135 Å². The van der Waals surface area contributed by atoms with Crippen molar-refractivity contribution < 1.29 is 22.3 Å². The third-order valence-electron chi connectivity index (χ3n) is 3.24. The van der Waals surface area contributed by atoms with Crippen LogP contribution >= 0.6 is 0 Å². The van der Waals surface area contributed by atoms with Gasteiger partial charge in [-0.2, -0.15) is 4.31 Å². The summed E-state index contributed by atoms with van der Waals surface area (Å²) >= 11 is 0. The van der Waals surface area contributed by atoms with Gasteiger partial charge < -0.3 is 4.74 Å². The van der Waals surface area contributed by atoms with E-state index in [-0.39, 0.29) is 18.7 Å². The van der Waals surface area contributed by atoms with Gasteiger partial charge in [-0.05, 0) is 23.3 Å². The van der Waals surface area contributed by atoms with Crippen LogP contribution in [-0.4, -0.2) is 25.8 Å². The molecule has 0 unspecified atom stereocenters. The summed E-state index contributed by atoms with van der Waals surface area (Å²) in [6.45, 7) is 0.214. The van der Waals surface area contributed by atoms with Gasteiger partial charge in [0.05, 0.1) is 12.7 Å². The number of thiol groups is 1. The Morgan fingerprint density at radius 2 is 1.74 bits per heavy atom. The van der Waals surface area contributed by atoms with E-state index in [4.69, 9.17) is 0 Å². The lowest BCUT2D eigenvalue weighted by Gasteiger charge is -2.16. The SMILES string of the molecule is COC(=O)c1ccc(CN(Cc2ccccc2)[SH](=O)=O)cc1F. The highest BCUT2D eigenvalue weighted by Gasteiger charge is 2.15. The topological polar surface area (TPSA) is 63.7 Å². The highest BCUT2D eigenvalue weighted by Crippen LogP contribution is 2.15. The first kappa shape index (κ1) is 17.1. The first-order valence-corrected chi connectivity index (χ1v) is 7.94. The van der Waals surface area contributed by atoms with Crippen molar-refractivity contribution in [3.05, 3.63) is 71.0 Å². The van der Waals surface area contributed by atoms with Gasteiger partial charge >= 0.3 is 5.97 Å². The molecule has 2 aromatic carbocycles. The molecule has 2 aromatic rings. The molecule has 0 radical (unpaired) electrons. The number of rotatable bonds is 6. The molecule has 0 saturated carbocycles. The number of esters is 1. The molecule has 122 valence electrons. The molecule has 23 heavy (non-hydrogen) atoms. The van der Waals surface area contributed by atoms with E-state index in [0.717, 1.165) is 11.6 Å². The summed E-state index contributed by atoms with van der Waals surface area (Å²) in [6.07, 6.45) is 0. The first-order valence-electron chi connectivity index (χ1n) is 6.81. The van der Waals surface area contributed by atoms with Crippen LogP contribution < -0.4 is 0 Å². The molecule has 0 aliphatic carbocycles. The fourth-order valence-electron chi connectivity index (χ4n) is 2.11. The summed E-state index contributed by atoms with van der Waals surface area (Å²) < 4.78 is 42.4. The molecule has 7 heteroatoms. The zero-order valence-electron chi connectivity index (χ0n) is 12.4. The molecule has 0 spiro atoms. The van der Waals surface area contributed by atoms with Gasteiger partial charge in [0.2, 0.25) is 10.9 Å². The molecular formula is C16H16FNO4S.